The number of nitrogens with zero attached hydrogens (tertiary/aromatic N) is 2. The fraction of sp³-hybridized carbons (Fsp3) is 0.550. The largest absolute Gasteiger partial charge is 0.468 e. The van der Waals surface area contributed by atoms with E-state index in [4.69, 9.17) is 4.42 Å². The molecule has 9 heteroatoms. The van der Waals surface area contributed by atoms with Crippen LogP contribution in [0.2, 0.25) is 0 Å². The van der Waals surface area contributed by atoms with Crippen LogP contribution in [-0.2, 0) is 15.8 Å². The standard InChI is InChI=1S/C20H21F3N2O4/c1-4-19(28)9-8-10(2)18(3)14(19)15(26)25(17(18)27)11-6-5-7-12-13(11)24-16(29-12)20(21,22)23/h5-7,10,14,28H,4,8-9H2,1-3H3/t10?,14?,18-,19?/m1/s1. The third-order valence-corrected chi connectivity index (χ3v) is 6.80. The summed E-state index contributed by atoms with van der Waals surface area (Å²) in [5, 5.41) is 11.1. The van der Waals surface area contributed by atoms with Crippen LogP contribution < -0.4 is 4.90 Å². The Kier molecular flexibility index (Phi) is 4.14. The Balaban J connectivity index is 1.90. The van der Waals surface area contributed by atoms with Gasteiger partial charge in [-0.05, 0) is 44.2 Å². The number of aromatic nitrogens is 1. The molecule has 2 aromatic rings. The Labute approximate surface area is 164 Å². The highest BCUT2D eigenvalue weighted by molar-refractivity contribution is 6.26. The molecule has 2 heterocycles. The molecule has 29 heavy (non-hydrogen) atoms. The lowest BCUT2D eigenvalue weighted by Crippen LogP contribution is -2.54. The molecule has 3 unspecified atom stereocenters. The van der Waals surface area contributed by atoms with E-state index in [9.17, 15) is 27.9 Å². The van der Waals surface area contributed by atoms with Crippen molar-refractivity contribution in [2.24, 2.45) is 17.3 Å². The second-order valence-electron chi connectivity index (χ2n) is 8.23. The summed E-state index contributed by atoms with van der Waals surface area (Å²) in [4.78, 5) is 31.2. The second-order valence-corrected chi connectivity index (χ2v) is 8.23. The van der Waals surface area contributed by atoms with E-state index in [1.165, 1.54) is 18.2 Å². The van der Waals surface area contributed by atoms with Crippen LogP contribution in [-0.4, -0.2) is 27.5 Å². The predicted molar refractivity (Wildman–Crippen MR) is 96.7 cm³/mol. The molecule has 1 saturated heterocycles. The Bertz CT molecular complexity index is 1020. The minimum absolute atomic E-state index is 0.0574. The van der Waals surface area contributed by atoms with E-state index in [2.05, 4.69) is 4.98 Å². The van der Waals surface area contributed by atoms with Crippen molar-refractivity contribution in [3.05, 3.63) is 24.1 Å². The van der Waals surface area contributed by atoms with Crippen molar-refractivity contribution in [1.29, 1.82) is 0 Å². The number of amides is 2. The summed E-state index contributed by atoms with van der Waals surface area (Å²) in [6.07, 6.45) is -3.56. The highest BCUT2D eigenvalue weighted by Crippen LogP contribution is 2.57. The van der Waals surface area contributed by atoms with Crippen LogP contribution in [0.4, 0.5) is 18.9 Å². The van der Waals surface area contributed by atoms with Gasteiger partial charge in [0.25, 0.3) is 0 Å². The van der Waals surface area contributed by atoms with Crippen molar-refractivity contribution in [2.75, 3.05) is 4.90 Å². The number of benzene rings is 1. The van der Waals surface area contributed by atoms with Gasteiger partial charge in [-0.1, -0.05) is 19.9 Å². The maximum atomic E-state index is 13.4. The Hall–Kier alpha value is -2.42. The first kappa shape index (κ1) is 19.9. The topological polar surface area (TPSA) is 83.6 Å². The molecule has 6 nitrogen and oxygen atoms in total. The Morgan fingerprint density at radius 3 is 2.66 bits per heavy atom. The average molecular weight is 410 g/mol. The van der Waals surface area contributed by atoms with Gasteiger partial charge in [-0.3, -0.25) is 9.59 Å². The molecule has 0 radical (unpaired) electrons. The van der Waals surface area contributed by atoms with Gasteiger partial charge in [0, 0.05) is 0 Å². The SMILES string of the molecule is CCC1(O)CCC(C)[C@@]2(C)C(=O)N(c3cccc4oc(C(F)(F)F)nc34)C(=O)C12. The molecule has 1 aliphatic carbocycles. The van der Waals surface area contributed by atoms with Gasteiger partial charge in [-0.15, -0.1) is 0 Å². The molecule has 1 aromatic heterocycles. The van der Waals surface area contributed by atoms with Gasteiger partial charge < -0.3 is 9.52 Å². The van der Waals surface area contributed by atoms with Crippen molar-refractivity contribution in [3.63, 3.8) is 0 Å². The van der Waals surface area contributed by atoms with Crippen molar-refractivity contribution in [3.8, 4) is 0 Å². The lowest BCUT2D eigenvalue weighted by atomic mass is 9.56. The number of fused-ring (bicyclic) bond motifs is 2. The Morgan fingerprint density at radius 1 is 1.34 bits per heavy atom. The molecule has 1 saturated carbocycles. The number of para-hydroxylation sites is 1. The number of oxazole rings is 1. The van der Waals surface area contributed by atoms with Gasteiger partial charge in [0.2, 0.25) is 11.8 Å². The van der Waals surface area contributed by atoms with Crippen LogP contribution in [0.3, 0.4) is 0 Å². The fourth-order valence-corrected chi connectivity index (χ4v) is 4.89. The minimum Gasteiger partial charge on any atom is -0.433 e. The normalized spacial score (nSPS) is 32.9. The van der Waals surface area contributed by atoms with E-state index in [0.29, 0.717) is 19.3 Å². The molecule has 2 fully saturated rings. The molecule has 1 aromatic carbocycles. The maximum absolute atomic E-state index is 13.4. The van der Waals surface area contributed by atoms with Crippen molar-refractivity contribution < 1.29 is 32.3 Å². The number of carbonyl (C=O) groups is 2. The van der Waals surface area contributed by atoms with Crippen LogP contribution in [0.1, 0.15) is 45.9 Å². The van der Waals surface area contributed by atoms with Crippen molar-refractivity contribution in [1.82, 2.24) is 4.98 Å². The highest BCUT2D eigenvalue weighted by Gasteiger charge is 2.67. The van der Waals surface area contributed by atoms with Gasteiger partial charge in [0.15, 0.2) is 5.58 Å². The summed E-state index contributed by atoms with van der Waals surface area (Å²) < 4.78 is 44.0. The molecule has 4 atom stereocenters. The fourth-order valence-electron chi connectivity index (χ4n) is 4.89. The third kappa shape index (κ3) is 2.56. The van der Waals surface area contributed by atoms with Gasteiger partial charge in [0.1, 0.15) is 5.52 Å². The Morgan fingerprint density at radius 2 is 2.03 bits per heavy atom. The quantitative estimate of drug-likeness (QED) is 0.759. The molecule has 1 N–H and O–H groups in total. The van der Waals surface area contributed by atoms with E-state index in [-0.39, 0.29) is 22.7 Å². The zero-order valence-corrected chi connectivity index (χ0v) is 16.2. The number of anilines is 1. The number of aliphatic hydroxyl groups is 1. The number of rotatable bonds is 2. The number of halogens is 3. The summed E-state index contributed by atoms with van der Waals surface area (Å²) in [5.41, 5.74) is -2.94. The summed E-state index contributed by atoms with van der Waals surface area (Å²) in [7, 11) is 0. The lowest BCUT2D eigenvalue weighted by Gasteiger charge is -2.47. The highest BCUT2D eigenvalue weighted by atomic mass is 19.4. The molecule has 0 spiro atoms. The number of carbonyl (C=O) groups excluding carboxylic acids is 2. The van der Waals surface area contributed by atoms with Crippen LogP contribution in [0.25, 0.3) is 11.1 Å². The van der Waals surface area contributed by atoms with Crippen LogP contribution in [0, 0.1) is 17.3 Å². The first-order chi connectivity index (χ1) is 13.4. The number of alkyl halides is 3. The third-order valence-electron chi connectivity index (χ3n) is 6.80. The minimum atomic E-state index is -4.80. The predicted octanol–water partition coefficient (Wildman–Crippen LogP) is 3.91. The monoisotopic (exact) mass is 410 g/mol. The van der Waals surface area contributed by atoms with Crippen molar-refractivity contribution >= 4 is 28.6 Å². The van der Waals surface area contributed by atoms with E-state index < -0.39 is 40.8 Å². The molecule has 4 rings (SSSR count). The summed E-state index contributed by atoms with van der Waals surface area (Å²) in [6.45, 7) is 5.27. The molecule has 1 aliphatic heterocycles. The van der Waals surface area contributed by atoms with Crippen molar-refractivity contribution in [2.45, 2.75) is 51.8 Å². The zero-order chi connectivity index (χ0) is 21.4. The number of imide groups is 1. The van der Waals surface area contributed by atoms with E-state index >= 15 is 0 Å². The zero-order valence-electron chi connectivity index (χ0n) is 16.2. The summed E-state index contributed by atoms with van der Waals surface area (Å²) >= 11 is 0. The lowest BCUT2D eigenvalue weighted by molar-refractivity contribution is -0.156. The van der Waals surface area contributed by atoms with Gasteiger partial charge in [0.05, 0.1) is 22.6 Å². The van der Waals surface area contributed by atoms with Crippen LogP contribution >= 0.6 is 0 Å². The molecule has 2 aliphatic rings. The van der Waals surface area contributed by atoms with Crippen LogP contribution in [0.15, 0.2) is 22.6 Å². The molecular weight excluding hydrogens is 389 g/mol. The molecular formula is C20H21F3N2O4. The van der Waals surface area contributed by atoms with E-state index in [1.54, 1.807) is 13.8 Å². The molecule has 2 amide bonds. The smallest absolute Gasteiger partial charge is 0.433 e. The van der Waals surface area contributed by atoms with Gasteiger partial charge in [-0.25, -0.2) is 9.88 Å². The second kappa shape index (κ2) is 6.04. The summed E-state index contributed by atoms with van der Waals surface area (Å²) in [5.74, 6) is -3.74. The first-order valence-corrected chi connectivity index (χ1v) is 9.52. The number of hydrogen-bond acceptors (Lipinski definition) is 5. The molecule has 156 valence electrons. The average Bonchev–Trinajstić information content (AvgIpc) is 3.18. The van der Waals surface area contributed by atoms with Gasteiger partial charge in [-0.2, -0.15) is 13.2 Å². The summed E-state index contributed by atoms with van der Waals surface area (Å²) in [6, 6.07) is 4.08. The molecule has 0 bridgehead atoms. The van der Waals surface area contributed by atoms with E-state index in [0.717, 1.165) is 4.90 Å². The van der Waals surface area contributed by atoms with Crippen LogP contribution in [0.5, 0.6) is 0 Å². The maximum Gasteiger partial charge on any atom is 0.468 e. The van der Waals surface area contributed by atoms with Gasteiger partial charge >= 0.3 is 12.1 Å². The van der Waals surface area contributed by atoms with E-state index in [1.807, 2.05) is 6.92 Å². The first-order valence-electron chi connectivity index (χ1n) is 9.52. The number of hydrogen-bond donors (Lipinski definition) is 1.